The molecule has 0 aromatic heterocycles. The number of rotatable bonds is 4. The summed E-state index contributed by atoms with van der Waals surface area (Å²) < 4.78 is 53.5. The van der Waals surface area contributed by atoms with Crippen LogP contribution < -0.4 is 5.14 Å². The SMILES string of the molecule is N#CC(N=Nc1c(O)cc(S(=O)(=O)O)c2cc([N+](=O)[O-])ccc12)=NN=C1C=CC(=S(N)(=O)O)C=C1. The number of amidine groups is 1. The molecule has 0 fully saturated rings. The zero-order valence-corrected chi connectivity index (χ0v) is 18.7. The summed E-state index contributed by atoms with van der Waals surface area (Å²) in [6.45, 7) is 0. The first-order valence-electron chi connectivity index (χ1n) is 8.98. The molecular weight excluding hydrogens is 506 g/mol. The highest BCUT2D eigenvalue weighted by Gasteiger charge is 2.22. The lowest BCUT2D eigenvalue weighted by molar-refractivity contribution is -0.384. The van der Waals surface area contributed by atoms with Crippen molar-refractivity contribution < 1.29 is 31.8 Å². The van der Waals surface area contributed by atoms with E-state index >= 15 is 0 Å². The van der Waals surface area contributed by atoms with E-state index in [0.29, 0.717) is 6.07 Å². The van der Waals surface area contributed by atoms with E-state index < -0.39 is 47.2 Å². The quantitative estimate of drug-likeness (QED) is 0.0874. The van der Waals surface area contributed by atoms with Gasteiger partial charge in [-0.1, -0.05) is 0 Å². The van der Waals surface area contributed by atoms with Crippen molar-refractivity contribution in [2.24, 2.45) is 25.6 Å². The number of aromatic hydroxyl groups is 1. The van der Waals surface area contributed by atoms with Gasteiger partial charge in [-0.2, -0.15) is 13.7 Å². The minimum Gasteiger partial charge on any atom is -0.506 e. The maximum absolute atomic E-state index is 11.7. The summed E-state index contributed by atoms with van der Waals surface area (Å²) in [4.78, 5) is 9.43. The molecule has 1 aliphatic carbocycles. The van der Waals surface area contributed by atoms with Crippen LogP contribution in [0.25, 0.3) is 10.8 Å². The molecule has 17 heteroatoms. The molecule has 5 N–H and O–H groups in total. The lowest BCUT2D eigenvalue weighted by atomic mass is 10.1. The molecule has 0 amide bonds. The summed E-state index contributed by atoms with van der Waals surface area (Å²) >= 11 is 0. The van der Waals surface area contributed by atoms with Crippen molar-refractivity contribution in [2.45, 2.75) is 4.90 Å². The summed E-state index contributed by atoms with van der Waals surface area (Å²) in [5, 5.41) is 49.7. The average molecular weight is 519 g/mol. The van der Waals surface area contributed by atoms with Gasteiger partial charge in [0, 0.05) is 29.0 Å². The first-order valence-corrected chi connectivity index (χ1v) is 12.0. The van der Waals surface area contributed by atoms with Gasteiger partial charge in [0.1, 0.15) is 32.4 Å². The third-order valence-electron chi connectivity index (χ3n) is 4.30. The third-order valence-corrected chi connectivity index (χ3v) is 6.14. The van der Waals surface area contributed by atoms with Crippen molar-refractivity contribution >= 4 is 58.7 Å². The lowest BCUT2D eigenvalue weighted by Gasteiger charge is -2.08. The highest BCUT2D eigenvalue weighted by molar-refractivity contribution is 7.95. The van der Waals surface area contributed by atoms with Gasteiger partial charge in [0.05, 0.1) is 15.5 Å². The molecule has 0 radical (unpaired) electrons. The molecule has 0 spiro atoms. The lowest BCUT2D eigenvalue weighted by Crippen LogP contribution is -2.20. The summed E-state index contributed by atoms with van der Waals surface area (Å²) in [6.07, 6.45) is 5.05. The Morgan fingerprint density at radius 1 is 1.09 bits per heavy atom. The summed E-state index contributed by atoms with van der Waals surface area (Å²) in [6, 6.07) is 5.18. The van der Waals surface area contributed by atoms with Crippen LogP contribution in [-0.4, -0.2) is 48.2 Å². The van der Waals surface area contributed by atoms with Crippen molar-refractivity contribution in [3.8, 4) is 11.8 Å². The summed E-state index contributed by atoms with van der Waals surface area (Å²) in [5.41, 5.74) is -0.694. The maximum atomic E-state index is 11.7. The number of nitro benzene ring substituents is 1. The number of phenols is 1. The van der Waals surface area contributed by atoms with Crippen LogP contribution in [0.2, 0.25) is 0 Å². The van der Waals surface area contributed by atoms with Gasteiger partial charge < -0.3 is 9.66 Å². The van der Waals surface area contributed by atoms with Crippen molar-refractivity contribution in [3.63, 3.8) is 0 Å². The molecule has 2 aromatic rings. The van der Waals surface area contributed by atoms with E-state index in [2.05, 4.69) is 20.4 Å². The van der Waals surface area contributed by atoms with Gasteiger partial charge >= 0.3 is 0 Å². The number of nitrogens with two attached hydrogens (primary N) is 1. The van der Waals surface area contributed by atoms with E-state index in [0.717, 1.165) is 18.2 Å². The standard InChI is InChI=1S/C18H13N7O8S2/c19-9-17(22-21-10-1-4-12(5-2-10)34(20,29)30)23-24-18-13-6-3-11(25(27)28)7-14(13)16(8-15(18)26)35(31,32)33/h1-8,26H,(H3,20,29,30)(H,31,32,33). The Morgan fingerprint density at radius 3 is 2.29 bits per heavy atom. The van der Waals surface area contributed by atoms with E-state index in [1.807, 2.05) is 0 Å². The van der Waals surface area contributed by atoms with Crippen LogP contribution >= 0.6 is 0 Å². The molecule has 1 atom stereocenters. The molecule has 35 heavy (non-hydrogen) atoms. The number of nitriles is 1. The number of nitrogens with zero attached hydrogens (tertiary/aromatic N) is 6. The van der Waals surface area contributed by atoms with Gasteiger partial charge in [-0.05, 0) is 30.4 Å². The van der Waals surface area contributed by atoms with Crippen LogP contribution in [0.3, 0.4) is 0 Å². The Bertz CT molecular complexity index is 1660. The number of hydrogen-bond acceptors (Lipinski definition) is 10. The van der Waals surface area contributed by atoms with Crippen LogP contribution in [0, 0.1) is 21.4 Å². The van der Waals surface area contributed by atoms with Crippen molar-refractivity contribution in [1.82, 2.24) is 0 Å². The number of azo groups is 1. The second-order valence-electron chi connectivity index (χ2n) is 6.60. The van der Waals surface area contributed by atoms with Gasteiger partial charge in [-0.15, -0.1) is 20.4 Å². The fourth-order valence-corrected chi connectivity index (χ4v) is 3.99. The molecule has 15 nitrogen and oxygen atoms in total. The fourth-order valence-electron chi connectivity index (χ4n) is 2.76. The second kappa shape index (κ2) is 9.49. The molecule has 0 bridgehead atoms. The number of phenolic OH excluding ortho intramolecular Hbond substituents is 1. The smallest absolute Gasteiger partial charge is 0.295 e. The zero-order valence-electron chi connectivity index (χ0n) is 17.1. The van der Waals surface area contributed by atoms with Gasteiger partial charge in [0.15, 0.2) is 0 Å². The second-order valence-corrected chi connectivity index (χ2v) is 9.60. The number of hydrogen-bond donors (Lipinski definition) is 4. The maximum Gasteiger partial charge on any atom is 0.295 e. The van der Waals surface area contributed by atoms with Gasteiger partial charge in [0.2, 0.25) is 0 Å². The zero-order chi connectivity index (χ0) is 26.0. The molecule has 3 rings (SSSR count). The molecule has 1 aliphatic rings. The predicted octanol–water partition coefficient (Wildman–Crippen LogP) is 1.99. The number of non-ortho nitro benzene ring substituents is 1. The van der Waals surface area contributed by atoms with Gasteiger partial charge in [-0.3, -0.25) is 14.7 Å². The molecule has 1 unspecified atom stereocenters. The number of nitro groups is 1. The Morgan fingerprint density at radius 2 is 1.74 bits per heavy atom. The molecule has 2 aromatic carbocycles. The molecule has 0 aliphatic heterocycles. The Labute approximate surface area is 196 Å². The normalized spacial score (nSPS) is 15.9. The van der Waals surface area contributed by atoms with Crippen molar-refractivity contribution in [3.05, 3.63) is 58.7 Å². The van der Waals surface area contributed by atoms with Crippen molar-refractivity contribution in [1.29, 1.82) is 5.26 Å². The fraction of sp³-hybridized carbons (Fsp3) is 0. The van der Waals surface area contributed by atoms with E-state index in [-0.39, 0.29) is 27.0 Å². The minimum atomic E-state index is -4.89. The Hall–Kier alpha value is -4.34. The monoisotopic (exact) mass is 519 g/mol. The largest absolute Gasteiger partial charge is 0.506 e. The number of benzene rings is 2. The summed E-state index contributed by atoms with van der Waals surface area (Å²) in [5.74, 6) is -1.37. The van der Waals surface area contributed by atoms with Gasteiger partial charge in [-0.25, -0.2) is 9.35 Å². The molecule has 0 saturated carbocycles. The van der Waals surface area contributed by atoms with E-state index in [4.69, 9.17) is 5.14 Å². The van der Waals surface area contributed by atoms with E-state index in [1.165, 1.54) is 24.3 Å². The first kappa shape index (κ1) is 25.3. The van der Waals surface area contributed by atoms with Crippen LogP contribution in [0.5, 0.6) is 5.75 Å². The molecule has 0 saturated heterocycles. The van der Waals surface area contributed by atoms with Crippen LogP contribution in [0.1, 0.15) is 0 Å². The Balaban J connectivity index is 2.06. The number of allylic oxidation sites excluding steroid dienone is 4. The van der Waals surface area contributed by atoms with Crippen LogP contribution in [0.15, 0.2) is 73.9 Å². The highest BCUT2D eigenvalue weighted by atomic mass is 32.2. The molecule has 0 heterocycles. The van der Waals surface area contributed by atoms with E-state index in [9.17, 15) is 42.2 Å². The van der Waals surface area contributed by atoms with Crippen LogP contribution in [0.4, 0.5) is 11.4 Å². The van der Waals surface area contributed by atoms with Gasteiger partial charge in [0.25, 0.3) is 21.6 Å². The highest BCUT2D eigenvalue weighted by Crippen LogP contribution is 2.40. The third kappa shape index (κ3) is 5.78. The molecular formula is C18H13N7O8S2. The molecule has 180 valence electrons. The first-order chi connectivity index (χ1) is 16.3. The van der Waals surface area contributed by atoms with E-state index in [1.54, 1.807) is 6.07 Å². The summed E-state index contributed by atoms with van der Waals surface area (Å²) in [7, 11) is -8.55. The van der Waals surface area contributed by atoms with Crippen LogP contribution in [-0.2, 0) is 20.1 Å². The van der Waals surface area contributed by atoms with Crippen molar-refractivity contribution in [2.75, 3.05) is 0 Å². The topological polar surface area (TPSA) is 254 Å². The predicted molar refractivity (Wildman–Crippen MR) is 125 cm³/mol. The minimum absolute atomic E-state index is 0.0587. The number of fused-ring (bicyclic) bond motifs is 1. The Kier molecular flexibility index (Phi) is 6.86. The average Bonchev–Trinajstić information content (AvgIpc) is 2.78.